The largest absolute Gasteiger partial charge is 0.353 e. The molecule has 1 unspecified atom stereocenters. The van der Waals surface area contributed by atoms with E-state index in [1.165, 1.54) is 0 Å². The van der Waals surface area contributed by atoms with Gasteiger partial charge < -0.3 is 10.6 Å². The number of hydrogen-bond acceptors (Lipinski definition) is 2. The SMILES string of the molecule is CCC(C)NC(=O)C1(C(=O)Nc2ccccc2)CC1. The summed E-state index contributed by atoms with van der Waals surface area (Å²) in [5.41, 5.74) is -0.116. The monoisotopic (exact) mass is 260 g/mol. The summed E-state index contributed by atoms with van der Waals surface area (Å²) in [6, 6.07) is 9.34. The van der Waals surface area contributed by atoms with Crippen LogP contribution in [0.1, 0.15) is 33.1 Å². The molecule has 0 heterocycles. The van der Waals surface area contributed by atoms with Gasteiger partial charge in [-0.05, 0) is 38.3 Å². The number of para-hydroxylation sites is 1. The molecule has 0 spiro atoms. The zero-order chi connectivity index (χ0) is 13.9. The fraction of sp³-hybridized carbons (Fsp3) is 0.467. The predicted octanol–water partition coefficient (Wildman–Crippen LogP) is 2.32. The van der Waals surface area contributed by atoms with Gasteiger partial charge in [-0.3, -0.25) is 9.59 Å². The van der Waals surface area contributed by atoms with Gasteiger partial charge >= 0.3 is 0 Å². The highest BCUT2D eigenvalue weighted by atomic mass is 16.2. The molecule has 2 amide bonds. The maximum atomic E-state index is 12.2. The van der Waals surface area contributed by atoms with Crippen molar-refractivity contribution in [2.75, 3.05) is 5.32 Å². The van der Waals surface area contributed by atoms with E-state index in [1.807, 2.05) is 44.2 Å². The van der Waals surface area contributed by atoms with Gasteiger partial charge in [-0.2, -0.15) is 0 Å². The number of carbonyl (C=O) groups excluding carboxylic acids is 2. The quantitative estimate of drug-likeness (QED) is 0.798. The van der Waals surface area contributed by atoms with Crippen molar-refractivity contribution in [1.29, 1.82) is 0 Å². The van der Waals surface area contributed by atoms with E-state index in [4.69, 9.17) is 0 Å². The first-order valence-corrected chi connectivity index (χ1v) is 6.76. The molecule has 0 aromatic heterocycles. The van der Waals surface area contributed by atoms with E-state index in [1.54, 1.807) is 0 Å². The van der Waals surface area contributed by atoms with Gasteiger partial charge in [0.2, 0.25) is 11.8 Å². The summed E-state index contributed by atoms with van der Waals surface area (Å²) in [4.78, 5) is 24.4. The van der Waals surface area contributed by atoms with Crippen LogP contribution in [0.25, 0.3) is 0 Å². The summed E-state index contributed by atoms with van der Waals surface area (Å²) in [5.74, 6) is -0.338. The maximum absolute atomic E-state index is 12.2. The Hall–Kier alpha value is -1.84. The van der Waals surface area contributed by atoms with Crippen molar-refractivity contribution in [3.8, 4) is 0 Å². The van der Waals surface area contributed by atoms with Crippen molar-refractivity contribution >= 4 is 17.5 Å². The van der Waals surface area contributed by atoms with E-state index in [0.29, 0.717) is 12.8 Å². The third-order valence-corrected chi connectivity index (χ3v) is 3.64. The van der Waals surface area contributed by atoms with Crippen LogP contribution in [0.3, 0.4) is 0 Å². The first-order valence-electron chi connectivity index (χ1n) is 6.76. The molecule has 1 saturated carbocycles. The Kier molecular flexibility index (Phi) is 3.88. The molecule has 0 aliphatic heterocycles. The van der Waals surface area contributed by atoms with Gasteiger partial charge in [-0.25, -0.2) is 0 Å². The normalized spacial score (nSPS) is 17.4. The van der Waals surface area contributed by atoms with Gasteiger partial charge in [0.15, 0.2) is 0 Å². The fourth-order valence-corrected chi connectivity index (χ4v) is 1.92. The summed E-state index contributed by atoms with van der Waals surface area (Å²) in [6.07, 6.45) is 2.13. The fourth-order valence-electron chi connectivity index (χ4n) is 1.92. The van der Waals surface area contributed by atoms with Gasteiger partial charge in [0, 0.05) is 11.7 Å². The Morgan fingerprint density at radius 3 is 2.37 bits per heavy atom. The minimum atomic E-state index is -0.848. The van der Waals surface area contributed by atoms with Crippen LogP contribution in [0.2, 0.25) is 0 Å². The summed E-state index contributed by atoms with van der Waals surface area (Å²) < 4.78 is 0. The van der Waals surface area contributed by atoms with Crippen LogP contribution in [-0.4, -0.2) is 17.9 Å². The van der Waals surface area contributed by atoms with Crippen molar-refractivity contribution in [3.05, 3.63) is 30.3 Å². The van der Waals surface area contributed by atoms with Gasteiger partial charge in [0.25, 0.3) is 0 Å². The highest BCUT2D eigenvalue weighted by Gasteiger charge is 2.56. The molecular formula is C15H20N2O2. The molecule has 102 valence electrons. The summed E-state index contributed by atoms with van der Waals surface area (Å²) in [5, 5.41) is 5.72. The Morgan fingerprint density at radius 1 is 1.21 bits per heavy atom. The maximum Gasteiger partial charge on any atom is 0.240 e. The highest BCUT2D eigenvalue weighted by Crippen LogP contribution is 2.46. The molecule has 1 fully saturated rings. The standard InChI is InChI=1S/C15H20N2O2/c1-3-11(2)16-13(18)15(9-10-15)14(19)17-12-7-5-4-6-8-12/h4-8,11H,3,9-10H2,1-2H3,(H,16,18)(H,17,19). The van der Waals surface area contributed by atoms with Crippen molar-refractivity contribution in [3.63, 3.8) is 0 Å². The molecule has 1 aliphatic carbocycles. The second-order valence-electron chi connectivity index (χ2n) is 5.19. The lowest BCUT2D eigenvalue weighted by atomic mass is 10.0. The number of hydrogen-bond donors (Lipinski definition) is 2. The van der Waals surface area contributed by atoms with Gasteiger partial charge in [0.05, 0.1) is 0 Å². The molecule has 1 aromatic rings. The molecule has 19 heavy (non-hydrogen) atoms. The zero-order valence-corrected chi connectivity index (χ0v) is 11.4. The number of benzene rings is 1. The average molecular weight is 260 g/mol. The molecule has 2 N–H and O–H groups in total. The predicted molar refractivity (Wildman–Crippen MR) is 74.6 cm³/mol. The van der Waals surface area contributed by atoms with E-state index in [0.717, 1.165) is 12.1 Å². The third-order valence-electron chi connectivity index (χ3n) is 3.64. The van der Waals surface area contributed by atoms with Crippen LogP contribution in [0.15, 0.2) is 30.3 Å². The molecule has 0 radical (unpaired) electrons. The molecular weight excluding hydrogens is 240 g/mol. The van der Waals surface area contributed by atoms with Crippen LogP contribution in [0, 0.1) is 5.41 Å². The Morgan fingerprint density at radius 2 is 1.84 bits per heavy atom. The smallest absolute Gasteiger partial charge is 0.240 e. The molecule has 4 nitrogen and oxygen atoms in total. The molecule has 2 rings (SSSR count). The Labute approximate surface area is 113 Å². The third kappa shape index (κ3) is 2.95. The number of nitrogens with one attached hydrogen (secondary N) is 2. The average Bonchev–Trinajstić information content (AvgIpc) is 3.21. The van der Waals surface area contributed by atoms with Gasteiger partial charge in [-0.15, -0.1) is 0 Å². The van der Waals surface area contributed by atoms with Crippen molar-refractivity contribution < 1.29 is 9.59 Å². The minimum Gasteiger partial charge on any atom is -0.353 e. The first kappa shape index (κ1) is 13.6. The van der Waals surface area contributed by atoms with Crippen molar-refractivity contribution in [2.45, 2.75) is 39.2 Å². The lowest BCUT2D eigenvalue weighted by molar-refractivity contribution is -0.134. The Balaban J connectivity index is 2.00. The van der Waals surface area contributed by atoms with Crippen molar-refractivity contribution in [1.82, 2.24) is 5.32 Å². The van der Waals surface area contributed by atoms with Crippen LogP contribution in [0.4, 0.5) is 5.69 Å². The Bertz CT molecular complexity index is 466. The second kappa shape index (κ2) is 5.43. The second-order valence-corrected chi connectivity index (χ2v) is 5.19. The van der Waals surface area contributed by atoms with Crippen LogP contribution >= 0.6 is 0 Å². The van der Waals surface area contributed by atoms with Gasteiger partial charge in [-0.1, -0.05) is 25.1 Å². The number of anilines is 1. The van der Waals surface area contributed by atoms with E-state index >= 15 is 0 Å². The van der Waals surface area contributed by atoms with E-state index in [9.17, 15) is 9.59 Å². The number of carbonyl (C=O) groups is 2. The molecule has 4 heteroatoms. The van der Waals surface area contributed by atoms with E-state index in [2.05, 4.69) is 10.6 Å². The molecule has 0 saturated heterocycles. The first-order chi connectivity index (χ1) is 9.08. The lowest BCUT2D eigenvalue weighted by Gasteiger charge is -2.18. The number of amides is 2. The van der Waals surface area contributed by atoms with E-state index < -0.39 is 5.41 Å². The minimum absolute atomic E-state index is 0.106. The molecule has 1 aliphatic rings. The zero-order valence-electron chi connectivity index (χ0n) is 11.4. The van der Waals surface area contributed by atoms with Crippen molar-refractivity contribution in [2.24, 2.45) is 5.41 Å². The van der Waals surface area contributed by atoms with Crippen LogP contribution in [0.5, 0.6) is 0 Å². The highest BCUT2D eigenvalue weighted by molar-refractivity contribution is 6.13. The summed E-state index contributed by atoms with van der Waals surface area (Å²) in [6.45, 7) is 3.96. The summed E-state index contributed by atoms with van der Waals surface area (Å²) >= 11 is 0. The molecule has 0 bridgehead atoms. The lowest BCUT2D eigenvalue weighted by Crippen LogP contribution is -2.43. The van der Waals surface area contributed by atoms with Gasteiger partial charge in [0.1, 0.15) is 5.41 Å². The van der Waals surface area contributed by atoms with Crippen LogP contribution < -0.4 is 10.6 Å². The molecule has 1 aromatic carbocycles. The number of rotatable bonds is 5. The van der Waals surface area contributed by atoms with E-state index in [-0.39, 0.29) is 17.9 Å². The topological polar surface area (TPSA) is 58.2 Å². The molecule has 1 atom stereocenters. The van der Waals surface area contributed by atoms with Crippen LogP contribution in [-0.2, 0) is 9.59 Å². The summed E-state index contributed by atoms with van der Waals surface area (Å²) in [7, 11) is 0.